The number of benzene rings is 2. The molecule has 0 aliphatic carbocycles. The first-order valence-electron chi connectivity index (χ1n) is 13.5. The summed E-state index contributed by atoms with van der Waals surface area (Å²) in [7, 11) is 3.44. The second kappa shape index (κ2) is 10.4. The van der Waals surface area contributed by atoms with Crippen molar-refractivity contribution >= 4 is 11.0 Å². The lowest BCUT2D eigenvalue weighted by atomic mass is 9.97. The van der Waals surface area contributed by atoms with E-state index in [0.29, 0.717) is 58.9 Å². The highest BCUT2D eigenvalue weighted by molar-refractivity contribution is 5.83. The molecule has 12 nitrogen and oxygen atoms in total. The van der Waals surface area contributed by atoms with E-state index in [1.807, 2.05) is 34.7 Å². The van der Waals surface area contributed by atoms with Crippen LogP contribution in [0.1, 0.15) is 29.2 Å². The van der Waals surface area contributed by atoms with E-state index in [4.69, 9.17) is 14.5 Å². The van der Waals surface area contributed by atoms with Crippen LogP contribution >= 0.6 is 0 Å². The summed E-state index contributed by atoms with van der Waals surface area (Å²) in [6, 6.07) is 6.75. The van der Waals surface area contributed by atoms with Crippen molar-refractivity contribution in [2.24, 2.45) is 7.05 Å². The highest BCUT2D eigenvalue weighted by atomic mass is 19.3. The van der Waals surface area contributed by atoms with Gasteiger partial charge < -0.3 is 19.1 Å². The molecule has 1 N–H and O–H groups in total. The van der Waals surface area contributed by atoms with Crippen molar-refractivity contribution in [3.05, 3.63) is 65.3 Å². The van der Waals surface area contributed by atoms with E-state index >= 15 is 4.39 Å². The molecule has 7 rings (SSSR count). The number of aryl methyl sites for hydroxylation is 1. The first kappa shape index (κ1) is 27.4. The Balaban J connectivity index is 1.35. The normalized spacial score (nSPS) is 19.0. The van der Waals surface area contributed by atoms with Crippen molar-refractivity contribution in [3.8, 4) is 28.3 Å². The van der Waals surface area contributed by atoms with Gasteiger partial charge in [0.05, 0.1) is 44.4 Å². The van der Waals surface area contributed by atoms with E-state index in [2.05, 4.69) is 25.4 Å². The molecule has 0 bridgehead atoms. The monoisotopic (exact) mass is 593 g/mol. The molecule has 1 fully saturated rings. The molecular weight excluding hydrogens is 567 g/mol. The van der Waals surface area contributed by atoms with Gasteiger partial charge in [-0.25, -0.2) is 19.3 Å². The number of aromatic nitrogens is 8. The fraction of sp³-hybridized carbons (Fsp3) is 0.357. The van der Waals surface area contributed by atoms with E-state index in [1.54, 1.807) is 19.4 Å². The molecule has 0 spiro atoms. The lowest BCUT2D eigenvalue weighted by Crippen LogP contribution is -2.28. The molecule has 1 atom stereocenters. The maximum absolute atomic E-state index is 15.5. The van der Waals surface area contributed by atoms with Crippen LogP contribution in [-0.2, 0) is 37.0 Å². The highest BCUT2D eigenvalue weighted by Crippen LogP contribution is 2.38. The van der Waals surface area contributed by atoms with Gasteiger partial charge in [0.15, 0.2) is 17.4 Å². The SMILES string of the molecule is CN1Cc2c(-c3nnn(C)n3)cc(F)c(OC(F)F)c2Cn2c(nc3ccc(-c4cnc(C5(O)CCOC5)nc4)cc32)C1. The topological polar surface area (TPSA) is 129 Å². The summed E-state index contributed by atoms with van der Waals surface area (Å²) < 4.78 is 54.5. The fourth-order valence-corrected chi connectivity index (χ4v) is 5.70. The number of aliphatic hydroxyl groups is 1. The Morgan fingerprint density at radius 1 is 1.05 bits per heavy atom. The van der Waals surface area contributed by atoms with Crippen molar-refractivity contribution in [2.75, 3.05) is 20.3 Å². The quantitative estimate of drug-likeness (QED) is 0.325. The summed E-state index contributed by atoms with van der Waals surface area (Å²) in [6.45, 7) is -1.94. The zero-order chi connectivity index (χ0) is 29.9. The lowest BCUT2D eigenvalue weighted by molar-refractivity contribution is -0.0529. The number of hydrogen-bond donors (Lipinski definition) is 1. The summed E-state index contributed by atoms with van der Waals surface area (Å²) in [5.41, 5.74) is 2.77. The number of alkyl halides is 2. The summed E-state index contributed by atoms with van der Waals surface area (Å²) in [5, 5.41) is 22.9. The largest absolute Gasteiger partial charge is 0.431 e. The van der Waals surface area contributed by atoms with Crippen LogP contribution in [0.3, 0.4) is 0 Å². The number of rotatable bonds is 5. The van der Waals surface area contributed by atoms with Crippen LogP contribution in [-0.4, -0.2) is 76.6 Å². The van der Waals surface area contributed by atoms with Crippen molar-refractivity contribution in [3.63, 3.8) is 0 Å². The molecule has 15 heteroatoms. The molecule has 5 aromatic rings. The minimum atomic E-state index is -3.23. The van der Waals surface area contributed by atoms with Gasteiger partial charge in [-0.3, -0.25) is 4.90 Å². The fourth-order valence-electron chi connectivity index (χ4n) is 5.70. The number of nitrogens with zero attached hydrogens (tertiary/aromatic N) is 9. The first-order valence-corrected chi connectivity index (χ1v) is 13.5. The van der Waals surface area contributed by atoms with Crippen LogP contribution in [0.5, 0.6) is 5.75 Å². The Hall–Kier alpha value is -4.47. The third kappa shape index (κ3) is 4.88. The number of hydrogen-bond acceptors (Lipinski definition) is 10. The van der Waals surface area contributed by atoms with Crippen LogP contribution in [0.4, 0.5) is 13.2 Å². The minimum Gasteiger partial charge on any atom is -0.431 e. The Morgan fingerprint density at radius 3 is 2.56 bits per heavy atom. The zero-order valence-corrected chi connectivity index (χ0v) is 23.2. The van der Waals surface area contributed by atoms with Crippen LogP contribution < -0.4 is 4.74 Å². The second-order valence-electron chi connectivity index (χ2n) is 10.8. The Morgan fingerprint density at radius 2 is 1.86 bits per heavy atom. The molecule has 1 unspecified atom stereocenters. The van der Waals surface area contributed by atoms with E-state index in [9.17, 15) is 13.9 Å². The Labute approximate surface area is 242 Å². The van der Waals surface area contributed by atoms with Crippen LogP contribution in [0.2, 0.25) is 0 Å². The van der Waals surface area contributed by atoms with Crippen molar-refractivity contribution < 1.29 is 27.8 Å². The molecule has 43 heavy (non-hydrogen) atoms. The number of tetrazole rings is 1. The number of fused-ring (bicyclic) bond motifs is 4. The van der Waals surface area contributed by atoms with Crippen LogP contribution in [0.15, 0.2) is 36.7 Å². The third-order valence-electron chi connectivity index (χ3n) is 7.79. The molecule has 2 aliphatic rings. The van der Waals surface area contributed by atoms with Gasteiger partial charge in [-0.2, -0.15) is 13.6 Å². The molecule has 222 valence electrons. The maximum atomic E-state index is 15.5. The van der Waals surface area contributed by atoms with E-state index in [-0.39, 0.29) is 31.1 Å². The van der Waals surface area contributed by atoms with E-state index < -0.39 is 23.8 Å². The summed E-state index contributed by atoms with van der Waals surface area (Å²) in [5.74, 6) is -0.351. The molecule has 1 saturated heterocycles. The molecule has 0 saturated carbocycles. The van der Waals surface area contributed by atoms with E-state index in [1.165, 1.54) is 4.80 Å². The van der Waals surface area contributed by atoms with Gasteiger partial charge in [0, 0.05) is 42.0 Å². The Kier molecular flexibility index (Phi) is 6.59. The van der Waals surface area contributed by atoms with Crippen molar-refractivity contribution in [1.29, 1.82) is 0 Å². The Bertz CT molecular complexity index is 1840. The summed E-state index contributed by atoms with van der Waals surface area (Å²) in [4.78, 5) is 16.8. The number of ether oxygens (including phenoxy) is 2. The standard InChI is InChI=1S/C28H26F3N9O3/c1-38-11-18-17(25-35-37-39(2)36-25)8-20(29)24(43-27(30)31)19(18)12-40-22-7-15(3-4-21(22)34-23(40)13-38)16-9-32-26(33-10-16)28(41)5-6-42-14-28/h3-4,7-10,27,41H,5-6,11-14H2,1-2H3. The maximum Gasteiger partial charge on any atom is 0.387 e. The van der Waals surface area contributed by atoms with Crippen LogP contribution in [0, 0.1) is 5.82 Å². The molecule has 2 aromatic carbocycles. The van der Waals surface area contributed by atoms with E-state index in [0.717, 1.165) is 11.6 Å². The third-order valence-corrected chi connectivity index (χ3v) is 7.79. The van der Waals surface area contributed by atoms with Gasteiger partial charge in [0.25, 0.3) is 0 Å². The van der Waals surface area contributed by atoms with Gasteiger partial charge >= 0.3 is 6.61 Å². The average Bonchev–Trinajstić information content (AvgIpc) is 3.70. The van der Waals surface area contributed by atoms with Gasteiger partial charge in [-0.05, 0) is 41.6 Å². The number of imidazole rings is 1. The van der Waals surface area contributed by atoms with Crippen molar-refractivity contribution in [1.82, 2.24) is 44.6 Å². The van der Waals surface area contributed by atoms with Crippen LogP contribution in [0.25, 0.3) is 33.5 Å². The molecule has 3 aromatic heterocycles. The molecule has 0 radical (unpaired) electrons. The summed E-state index contributed by atoms with van der Waals surface area (Å²) in [6.07, 6.45) is 3.69. The first-order chi connectivity index (χ1) is 20.7. The average molecular weight is 594 g/mol. The van der Waals surface area contributed by atoms with Gasteiger partial charge in [-0.15, -0.1) is 10.2 Å². The zero-order valence-electron chi connectivity index (χ0n) is 23.2. The van der Waals surface area contributed by atoms with Gasteiger partial charge in [-0.1, -0.05) is 6.07 Å². The van der Waals surface area contributed by atoms with Crippen molar-refractivity contribution in [2.45, 2.75) is 38.3 Å². The predicted octanol–water partition coefficient (Wildman–Crippen LogP) is 3.03. The highest BCUT2D eigenvalue weighted by Gasteiger charge is 2.37. The van der Waals surface area contributed by atoms with Gasteiger partial charge in [0.2, 0.25) is 5.82 Å². The second-order valence-corrected chi connectivity index (χ2v) is 10.8. The number of halogens is 3. The smallest absolute Gasteiger partial charge is 0.387 e. The molecule has 5 heterocycles. The molecular formula is C28H26F3N9O3. The predicted molar refractivity (Wildman–Crippen MR) is 145 cm³/mol. The summed E-state index contributed by atoms with van der Waals surface area (Å²) >= 11 is 0. The molecule has 0 amide bonds. The van der Waals surface area contributed by atoms with Gasteiger partial charge in [0.1, 0.15) is 11.4 Å². The minimum absolute atomic E-state index is 0.00794. The lowest BCUT2D eigenvalue weighted by Gasteiger charge is -2.27. The molecule has 2 aliphatic heterocycles.